The number of fused-ring (bicyclic) bond motifs is 2. The molecular weight excluding hydrogens is 554 g/mol. The number of unbranched alkanes of at least 4 members (excludes halogenated alkanes) is 1. The van der Waals surface area contributed by atoms with Gasteiger partial charge in [-0.3, -0.25) is 19.1 Å². The summed E-state index contributed by atoms with van der Waals surface area (Å²) in [7, 11) is -3.76. The molecule has 2 fully saturated rings. The molecule has 5 atom stereocenters. The Hall–Kier alpha value is -2.60. The lowest BCUT2D eigenvalue weighted by molar-refractivity contribution is -0.116. The zero-order valence-electron chi connectivity index (χ0n) is 20.3. The van der Waals surface area contributed by atoms with E-state index in [0.717, 1.165) is 0 Å². The quantitative estimate of drug-likeness (QED) is 0.0711. The van der Waals surface area contributed by atoms with Crippen molar-refractivity contribution in [1.82, 2.24) is 19.5 Å². The van der Waals surface area contributed by atoms with Crippen LogP contribution in [0.4, 0.5) is 11.6 Å². The number of imidazole rings is 1. The fourth-order valence-corrected chi connectivity index (χ4v) is 6.15. The third-order valence-corrected chi connectivity index (χ3v) is 7.99. The number of aromatic nitrogens is 4. The number of aliphatic hydroxyl groups is 1. The van der Waals surface area contributed by atoms with Crippen molar-refractivity contribution in [3.05, 3.63) is 34.6 Å². The third kappa shape index (κ3) is 6.11. The Labute approximate surface area is 226 Å². The molecule has 2 aliphatic rings. The molecule has 208 valence electrons. The van der Waals surface area contributed by atoms with Crippen LogP contribution in [0.1, 0.15) is 25.5 Å². The molecule has 0 aliphatic carbocycles. The number of H-pyrrole nitrogens is 1. The van der Waals surface area contributed by atoms with E-state index in [2.05, 4.69) is 20.3 Å². The first-order chi connectivity index (χ1) is 18.7. The minimum Gasteiger partial charge on any atom is -0.423 e. The molecule has 0 bridgehead atoms. The molecule has 15 nitrogen and oxygen atoms in total. The number of thioether (sulfide) groups is 1. The van der Waals surface area contributed by atoms with E-state index in [1.807, 2.05) is 0 Å². The lowest BCUT2D eigenvalue weighted by Crippen LogP contribution is -2.38. The van der Waals surface area contributed by atoms with E-state index in [0.29, 0.717) is 29.4 Å². The van der Waals surface area contributed by atoms with Crippen molar-refractivity contribution in [3.8, 4) is 0 Å². The maximum atomic E-state index is 12.5. The number of anilines is 2. The third-order valence-electron chi connectivity index (χ3n) is 6.16. The molecular formula is C21H26BN6O9PS. The SMILES string of the molecule is Nc1nc2c(nc(SCCCCC(=O)Nc3cccc(B(O)O)c3)n2C2OC3COP(O)OC3C2O)c(=O)[nH]1. The summed E-state index contributed by atoms with van der Waals surface area (Å²) in [5.74, 6) is 0.172. The van der Waals surface area contributed by atoms with Gasteiger partial charge in [0.2, 0.25) is 11.9 Å². The number of carbonyl (C=O) groups is 1. The Balaban J connectivity index is 1.24. The molecule has 4 heterocycles. The average molecular weight is 580 g/mol. The number of carbonyl (C=O) groups excluding carboxylic acids is 1. The molecule has 1 aromatic carbocycles. The standard InChI is InChI=1S/C21H26BN6O9PS/c23-20-26-17-14(18(31)27-20)25-21(28(17)19-15(30)16-12(36-19)9-35-38(34)37-16)39-7-2-1-6-13(29)24-11-5-3-4-10(8-11)22(32)33/h3-5,8,12,15-16,19,30,32-34H,1-2,6-7,9H2,(H,24,29)(H3,23,26,27,31). The number of aliphatic hydroxyl groups excluding tert-OH is 1. The first-order valence-electron chi connectivity index (χ1n) is 12.0. The number of benzene rings is 1. The molecule has 3 aromatic rings. The Morgan fingerprint density at radius 1 is 1.33 bits per heavy atom. The first-order valence-corrected chi connectivity index (χ1v) is 14.1. The van der Waals surface area contributed by atoms with E-state index in [1.54, 1.807) is 12.1 Å². The molecule has 8 N–H and O–H groups in total. The summed E-state index contributed by atoms with van der Waals surface area (Å²) < 4.78 is 17.9. The van der Waals surface area contributed by atoms with Crippen molar-refractivity contribution >= 4 is 61.7 Å². The average Bonchev–Trinajstić information content (AvgIpc) is 3.41. The summed E-state index contributed by atoms with van der Waals surface area (Å²) in [5.41, 5.74) is 6.10. The largest absolute Gasteiger partial charge is 0.488 e. The number of ether oxygens (including phenoxy) is 1. The number of hydrogen-bond acceptors (Lipinski definition) is 13. The van der Waals surface area contributed by atoms with Crippen LogP contribution >= 0.6 is 20.4 Å². The molecule has 18 heteroatoms. The molecule has 5 unspecified atom stereocenters. The van der Waals surface area contributed by atoms with Crippen LogP contribution in [-0.4, -0.2) is 83.3 Å². The maximum absolute atomic E-state index is 12.5. The Bertz CT molecular complexity index is 1410. The van der Waals surface area contributed by atoms with E-state index in [1.165, 1.54) is 28.5 Å². The monoisotopic (exact) mass is 580 g/mol. The predicted molar refractivity (Wildman–Crippen MR) is 142 cm³/mol. The maximum Gasteiger partial charge on any atom is 0.488 e. The minimum absolute atomic E-state index is 0.0218. The Morgan fingerprint density at radius 2 is 2.15 bits per heavy atom. The fourth-order valence-electron chi connectivity index (χ4n) is 4.33. The molecule has 0 radical (unpaired) electrons. The first kappa shape index (κ1) is 28.0. The highest BCUT2D eigenvalue weighted by Crippen LogP contribution is 2.47. The van der Waals surface area contributed by atoms with Crippen molar-refractivity contribution in [3.63, 3.8) is 0 Å². The van der Waals surface area contributed by atoms with Gasteiger partial charge in [0.15, 0.2) is 22.5 Å². The van der Waals surface area contributed by atoms with Crippen LogP contribution in [0.3, 0.4) is 0 Å². The molecule has 2 saturated heterocycles. The van der Waals surface area contributed by atoms with Gasteiger partial charge in [-0.2, -0.15) is 4.98 Å². The van der Waals surface area contributed by atoms with Crippen molar-refractivity contribution in [2.45, 2.75) is 49.0 Å². The molecule has 5 rings (SSSR count). The van der Waals surface area contributed by atoms with E-state index in [4.69, 9.17) is 19.5 Å². The molecule has 0 spiro atoms. The van der Waals surface area contributed by atoms with Crippen molar-refractivity contribution in [2.75, 3.05) is 23.4 Å². The number of nitrogens with two attached hydrogens (primary N) is 1. The number of amides is 1. The predicted octanol–water partition coefficient (Wildman–Crippen LogP) is -0.824. The lowest BCUT2D eigenvalue weighted by Gasteiger charge is -2.27. The number of aromatic amines is 1. The van der Waals surface area contributed by atoms with Gasteiger partial charge in [0, 0.05) is 17.9 Å². The topological polar surface area (TPSA) is 227 Å². The van der Waals surface area contributed by atoms with Gasteiger partial charge in [0.1, 0.15) is 18.3 Å². The summed E-state index contributed by atoms with van der Waals surface area (Å²) in [5, 5.41) is 32.6. The van der Waals surface area contributed by atoms with Gasteiger partial charge in [-0.25, -0.2) is 4.98 Å². The highest BCUT2D eigenvalue weighted by molar-refractivity contribution is 7.99. The van der Waals surface area contributed by atoms with Gasteiger partial charge < -0.3 is 44.9 Å². The highest BCUT2D eigenvalue weighted by Gasteiger charge is 2.50. The lowest BCUT2D eigenvalue weighted by atomic mass is 9.80. The second kappa shape index (κ2) is 11.9. The molecule has 0 saturated carbocycles. The number of rotatable bonds is 9. The van der Waals surface area contributed by atoms with Crippen LogP contribution in [-0.2, 0) is 18.6 Å². The number of hydrogen-bond donors (Lipinski definition) is 7. The molecule has 39 heavy (non-hydrogen) atoms. The minimum atomic E-state index is -2.14. The Morgan fingerprint density at radius 3 is 2.95 bits per heavy atom. The van der Waals surface area contributed by atoms with Crippen LogP contribution in [0, 0.1) is 0 Å². The van der Waals surface area contributed by atoms with Crippen LogP contribution in [0.25, 0.3) is 11.2 Å². The van der Waals surface area contributed by atoms with E-state index in [-0.39, 0.29) is 41.5 Å². The van der Waals surface area contributed by atoms with Crippen LogP contribution in [0.2, 0.25) is 0 Å². The van der Waals surface area contributed by atoms with Gasteiger partial charge in [-0.15, -0.1) is 0 Å². The van der Waals surface area contributed by atoms with Crippen LogP contribution < -0.4 is 22.1 Å². The Kier molecular flexibility index (Phi) is 8.51. The van der Waals surface area contributed by atoms with Gasteiger partial charge in [0.25, 0.3) is 5.56 Å². The number of nitrogen functional groups attached to an aromatic ring is 1. The van der Waals surface area contributed by atoms with Gasteiger partial charge in [-0.05, 0) is 30.4 Å². The van der Waals surface area contributed by atoms with Crippen LogP contribution in [0.15, 0.2) is 34.2 Å². The van der Waals surface area contributed by atoms with Gasteiger partial charge >= 0.3 is 15.7 Å². The normalized spacial score (nSPS) is 24.6. The van der Waals surface area contributed by atoms with Crippen molar-refractivity contribution in [1.29, 1.82) is 0 Å². The highest BCUT2D eigenvalue weighted by atomic mass is 32.2. The van der Waals surface area contributed by atoms with Crippen molar-refractivity contribution < 1.29 is 38.6 Å². The zero-order valence-corrected chi connectivity index (χ0v) is 22.0. The summed E-state index contributed by atoms with van der Waals surface area (Å²) in [4.78, 5) is 45.6. The summed E-state index contributed by atoms with van der Waals surface area (Å²) in [6.07, 6.45) is -2.32. The molecule has 2 aromatic heterocycles. The van der Waals surface area contributed by atoms with E-state index in [9.17, 15) is 29.6 Å². The summed E-state index contributed by atoms with van der Waals surface area (Å²) >= 11 is 1.29. The molecule has 2 aliphatic heterocycles. The molecule has 1 amide bonds. The van der Waals surface area contributed by atoms with E-state index < -0.39 is 45.8 Å². The zero-order chi connectivity index (χ0) is 27.7. The van der Waals surface area contributed by atoms with Gasteiger partial charge in [0.05, 0.1) is 6.61 Å². The number of nitrogens with one attached hydrogen (secondary N) is 2. The fraction of sp³-hybridized carbons (Fsp3) is 0.429. The number of nitrogens with zero attached hydrogens (tertiary/aromatic N) is 3. The van der Waals surface area contributed by atoms with E-state index >= 15 is 0 Å². The smallest absolute Gasteiger partial charge is 0.423 e. The second-order valence-electron chi connectivity index (χ2n) is 8.90. The van der Waals surface area contributed by atoms with Crippen LogP contribution in [0.5, 0.6) is 0 Å². The summed E-state index contributed by atoms with van der Waals surface area (Å²) in [6, 6.07) is 6.29. The van der Waals surface area contributed by atoms with Gasteiger partial charge in [-0.1, -0.05) is 23.9 Å². The second-order valence-corrected chi connectivity index (χ2v) is 10.9. The summed E-state index contributed by atoms with van der Waals surface area (Å²) in [6.45, 7) is 0.0264. The van der Waals surface area contributed by atoms with Crippen molar-refractivity contribution in [2.24, 2.45) is 0 Å².